The molecule has 0 bridgehead atoms. The number of hydrogen-bond acceptors (Lipinski definition) is 1. The normalized spacial score (nSPS) is 32.5. The molecule has 1 aliphatic rings. The van der Waals surface area contributed by atoms with Crippen LogP contribution in [0.1, 0.15) is 38.7 Å². The fraction of sp³-hybridized carbons (Fsp3) is 0.600. The highest BCUT2D eigenvalue weighted by molar-refractivity contribution is 6.35. The summed E-state index contributed by atoms with van der Waals surface area (Å²) >= 11 is 12.1. The molecule has 0 aliphatic heterocycles. The Morgan fingerprint density at radius 1 is 1.33 bits per heavy atom. The van der Waals surface area contributed by atoms with Crippen LogP contribution in [0.3, 0.4) is 0 Å². The quantitative estimate of drug-likeness (QED) is 0.834. The fourth-order valence-corrected chi connectivity index (χ4v) is 3.42. The zero-order valence-corrected chi connectivity index (χ0v) is 12.4. The van der Waals surface area contributed by atoms with Gasteiger partial charge >= 0.3 is 0 Å². The van der Waals surface area contributed by atoms with Crippen molar-refractivity contribution in [3.8, 4) is 0 Å². The van der Waals surface area contributed by atoms with Gasteiger partial charge in [0, 0.05) is 16.5 Å². The Balaban J connectivity index is 2.17. The van der Waals surface area contributed by atoms with Crippen molar-refractivity contribution in [2.24, 2.45) is 11.8 Å². The van der Waals surface area contributed by atoms with Gasteiger partial charge in [0.15, 0.2) is 0 Å². The Hall–Kier alpha value is -0.240. The number of halogens is 2. The van der Waals surface area contributed by atoms with Crippen molar-refractivity contribution in [1.29, 1.82) is 0 Å². The molecule has 2 rings (SSSR count). The molecule has 1 aliphatic carbocycles. The van der Waals surface area contributed by atoms with E-state index in [1.165, 1.54) is 0 Å². The van der Waals surface area contributed by atoms with E-state index in [1.54, 1.807) is 6.07 Å². The van der Waals surface area contributed by atoms with Gasteiger partial charge in [0.2, 0.25) is 0 Å². The summed E-state index contributed by atoms with van der Waals surface area (Å²) in [7, 11) is 0. The molecule has 0 amide bonds. The Morgan fingerprint density at radius 2 is 2.06 bits per heavy atom. The van der Waals surface area contributed by atoms with Crippen LogP contribution in [0.4, 0.5) is 0 Å². The van der Waals surface area contributed by atoms with E-state index in [0.29, 0.717) is 28.3 Å². The highest BCUT2D eigenvalue weighted by Crippen LogP contribution is 2.39. The highest BCUT2D eigenvalue weighted by atomic mass is 35.5. The van der Waals surface area contributed by atoms with Gasteiger partial charge in [-0.05, 0) is 48.8 Å². The van der Waals surface area contributed by atoms with E-state index in [2.05, 4.69) is 13.8 Å². The van der Waals surface area contributed by atoms with Crippen molar-refractivity contribution in [2.75, 3.05) is 0 Å². The number of aliphatic hydroxyl groups is 1. The molecule has 100 valence electrons. The first kappa shape index (κ1) is 14.2. The van der Waals surface area contributed by atoms with Crippen molar-refractivity contribution in [3.05, 3.63) is 33.8 Å². The third-order valence-electron chi connectivity index (χ3n) is 4.25. The summed E-state index contributed by atoms with van der Waals surface area (Å²) in [5, 5.41) is 12.1. The minimum absolute atomic E-state index is 0.313. The van der Waals surface area contributed by atoms with Crippen LogP contribution in [0, 0.1) is 11.8 Å². The maximum atomic E-state index is 10.8. The van der Waals surface area contributed by atoms with Crippen molar-refractivity contribution in [2.45, 2.75) is 45.1 Å². The molecule has 3 heteroatoms. The molecule has 1 nitrogen and oxygen atoms in total. The van der Waals surface area contributed by atoms with Crippen LogP contribution in [0.15, 0.2) is 18.2 Å². The first-order valence-electron chi connectivity index (χ1n) is 6.57. The lowest BCUT2D eigenvalue weighted by Crippen LogP contribution is -2.43. The summed E-state index contributed by atoms with van der Waals surface area (Å²) in [6, 6.07) is 5.51. The summed E-state index contributed by atoms with van der Waals surface area (Å²) in [6.45, 7) is 4.39. The summed E-state index contributed by atoms with van der Waals surface area (Å²) in [5.74, 6) is 1.02. The maximum absolute atomic E-state index is 10.8. The Kier molecular flexibility index (Phi) is 4.25. The van der Waals surface area contributed by atoms with E-state index in [1.807, 2.05) is 12.1 Å². The molecule has 0 heterocycles. The summed E-state index contributed by atoms with van der Waals surface area (Å²) in [5.41, 5.74) is 0.370. The molecule has 0 radical (unpaired) electrons. The van der Waals surface area contributed by atoms with Gasteiger partial charge in [-0.2, -0.15) is 0 Å². The largest absolute Gasteiger partial charge is 0.389 e. The predicted molar refractivity (Wildman–Crippen MR) is 77.3 cm³/mol. The molecular formula is C15H20Cl2O. The molecule has 18 heavy (non-hydrogen) atoms. The summed E-state index contributed by atoms with van der Waals surface area (Å²) in [4.78, 5) is 0. The van der Waals surface area contributed by atoms with Crippen LogP contribution in [-0.4, -0.2) is 10.7 Å². The first-order chi connectivity index (χ1) is 8.40. The number of benzene rings is 1. The second kappa shape index (κ2) is 5.40. The van der Waals surface area contributed by atoms with Crippen molar-refractivity contribution < 1.29 is 5.11 Å². The second-order valence-corrected chi connectivity index (χ2v) is 6.64. The van der Waals surface area contributed by atoms with E-state index >= 15 is 0 Å². The van der Waals surface area contributed by atoms with Gasteiger partial charge in [0.05, 0.1) is 5.60 Å². The minimum Gasteiger partial charge on any atom is -0.389 e. The van der Waals surface area contributed by atoms with Gasteiger partial charge in [0.1, 0.15) is 0 Å². The summed E-state index contributed by atoms with van der Waals surface area (Å²) in [6.07, 6.45) is 3.65. The lowest BCUT2D eigenvalue weighted by atomic mass is 9.70. The third kappa shape index (κ3) is 3.01. The van der Waals surface area contributed by atoms with Crippen LogP contribution in [0.5, 0.6) is 0 Å². The average Bonchev–Trinajstić information content (AvgIpc) is 2.29. The molecule has 1 aromatic rings. The molecule has 3 atom stereocenters. The van der Waals surface area contributed by atoms with Gasteiger partial charge in [0.25, 0.3) is 0 Å². The SMILES string of the molecule is CC1CCC(O)(Cc2ccc(Cl)cc2Cl)C(C)C1. The average molecular weight is 287 g/mol. The van der Waals surface area contributed by atoms with Gasteiger partial charge in [-0.1, -0.05) is 43.1 Å². The molecule has 1 N–H and O–H groups in total. The zero-order valence-electron chi connectivity index (χ0n) is 10.9. The topological polar surface area (TPSA) is 20.2 Å². The third-order valence-corrected chi connectivity index (χ3v) is 4.84. The molecule has 0 saturated heterocycles. The fourth-order valence-electron chi connectivity index (χ4n) is 2.94. The van der Waals surface area contributed by atoms with Crippen molar-refractivity contribution in [3.63, 3.8) is 0 Å². The van der Waals surface area contributed by atoms with E-state index in [4.69, 9.17) is 23.2 Å². The lowest BCUT2D eigenvalue weighted by Gasteiger charge is -2.41. The second-order valence-electron chi connectivity index (χ2n) is 5.80. The van der Waals surface area contributed by atoms with Gasteiger partial charge in [-0.3, -0.25) is 0 Å². The molecule has 0 aromatic heterocycles. The van der Waals surface area contributed by atoms with E-state index in [-0.39, 0.29) is 0 Å². The van der Waals surface area contributed by atoms with E-state index in [0.717, 1.165) is 24.8 Å². The molecular weight excluding hydrogens is 267 g/mol. The van der Waals surface area contributed by atoms with Gasteiger partial charge in [-0.15, -0.1) is 0 Å². The highest BCUT2D eigenvalue weighted by Gasteiger charge is 2.38. The lowest BCUT2D eigenvalue weighted by molar-refractivity contribution is -0.0522. The molecule has 3 unspecified atom stereocenters. The van der Waals surface area contributed by atoms with E-state index < -0.39 is 5.60 Å². The number of hydrogen-bond donors (Lipinski definition) is 1. The van der Waals surface area contributed by atoms with Crippen molar-refractivity contribution >= 4 is 23.2 Å². The molecule has 1 aromatic carbocycles. The van der Waals surface area contributed by atoms with Gasteiger partial charge in [-0.25, -0.2) is 0 Å². The monoisotopic (exact) mass is 286 g/mol. The Morgan fingerprint density at radius 3 is 2.67 bits per heavy atom. The van der Waals surface area contributed by atoms with Crippen LogP contribution >= 0.6 is 23.2 Å². The minimum atomic E-state index is -0.621. The number of rotatable bonds is 2. The summed E-state index contributed by atoms with van der Waals surface area (Å²) < 4.78 is 0. The molecule has 1 fully saturated rings. The van der Waals surface area contributed by atoms with Crippen LogP contribution in [0.25, 0.3) is 0 Å². The van der Waals surface area contributed by atoms with Crippen LogP contribution in [0.2, 0.25) is 10.0 Å². The van der Waals surface area contributed by atoms with Gasteiger partial charge < -0.3 is 5.11 Å². The Labute approximate surface area is 119 Å². The standard InChI is InChI=1S/C15H20Cl2O/c1-10-5-6-15(18,11(2)7-10)9-12-3-4-13(16)8-14(12)17/h3-4,8,10-11,18H,5-7,9H2,1-2H3. The van der Waals surface area contributed by atoms with Crippen molar-refractivity contribution in [1.82, 2.24) is 0 Å². The predicted octanol–water partition coefficient (Wildman–Crippen LogP) is 4.72. The molecule has 0 spiro atoms. The van der Waals surface area contributed by atoms with Crippen LogP contribution < -0.4 is 0 Å². The maximum Gasteiger partial charge on any atom is 0.0714 e. The smallest absolute Gasteiger partial charge is 0.0714 e. The van der Waals surface area contributed by atoms with E-state index in [9.17, 15) is 5.11 Å². The zero-order chi connectivity index (χ0) is 13.3. The molecule has 1 saturated carbocycles. The van der Waals surface area contributed by atoms with Crippen LogP contribution in [-0.2, 0) is 6.42 Å². The first-order valence-corrected chi connectivity index (χ1v) is 7.32. The Bertz CT molecular complexity index is 433.